The molecule has 0 saturated heterocycles. The van der Waals surface area contributed by atoms with Gasteiger partial charge in [-0.15, -0.1) is 11.3 Å². The van der Waals surface area contributed by atoms with Crippen LogP contribution < -0.4 is 10.6 Å². The Bertz CT molecular complexity index is 1060. The summed E-state index contributed by atoms with van der Waals surface area (Å²) in [6.07, 6.45) is 3.71. The molecule has 1 amide bonds. The van der Waals surface area contributed by atoms with Crippen molar-refractivity contribution in [1.29, 1.82) is 0 Å². The molecular weight excluding hydrogens is 378 g/mol. The number of rotatable bonds is 6. The van der Waals surface area contributed by atoms with Crippen LogP contribution in [0.25, 0.3) is 10.4 Å². The van der Waals surface area contributed by atoms with Crippen LogP contribution in [0.3, 0.4) is 0 Å². The molecule has 1 aliphatic rings. The molecule has 28 heavy (non-hydrogen) atoms. The third kappa shape index (κ3) is 3.99. The number of aryl methyl sites for hydroxylation is 1. The molecule has 1 fully saturated rings. The van der Waals surface area contributed by atoms with Crippen LogP contribution in [0, 0.1) is 17.0 Å². The van der Waals surface area contributed by atoms with Crippen molar-refractivity contribution in [2.75, 3.05) is 5.32 Å². The largest absolute Gasteiger partial charge is 0.347 e. The molecule has 0 atom stereocenters. The fourth-order valence-electron chi connectivity index (χ4n) is 2.72. The zero-order valence-corrected chi connectivity index (χ0v) is 15.8. The number of hydrogen-bond acceptors (Lipinski definition) is 7. The van der Waals surface area contributed by atoms with Crippen molar-refractivity contribution in [2.45, 2.75) is 25.8 Å². The molecule has 0 unspecified atom stereocenters. The minimum absolute atomic E-state index is 0.00535. The number of nitro benzene ring substituents is 1. The standard InChI is InChI=1S/C19H17N5O3S/c1-11-17(28-19(21-11)18(25)23-13-5-6-13)12-7-8-20-16(9-12)22-14-3-2-4-15(10-14)24(26)27/h2-4,7-10,13H,5-6H2,1H3,(H,20,22)(H,23,25). The van der Waals surface area contributed by atoms with Gasteiger partial charge in [-0.1, -0.05) is 6.07 Å². The number of thiazole rings is 1. The van der Waals surface area contributed by atoms with Crippen molar-refractivity contribution >= 4 is 34.4 Å². The van der Waals surface area contributed by atoms with Crippen LogP contribution in [0.15, 0.2) is 42.6 Å². The molecular formula is C19H17N5O3S. The van der Waals surface area contributed by atoms with Crippen LogP contribution in [0.4, 0.5) is 17.2 Å². The van der Waals surface area contributed by atoms with Crippen LogP contribution in [0.1, 0.15) is 28.3 Å². The minimum Gasteiger partial charge on any atom is -0.347 e. The summed E-state index contributed by atoms with van der Waals surface area (Å²) in [6.45, 7) is 1.87. The molecule has 2 heterocycles. The van der Waals surface area contributed by atoms with Crippen molar-refractivity contribution in [3.63, 3.8) is 0 Å². The third-order valence-corrected chi connectivity index (χ3v) is 5.46. The first kappa shape index (κ1) is 18.1. The summed E-state index contributed by atoms with van der Waals surface area (Å²) in [5.41, 5.74) is 2.23. The number of nitro groups is 1. The number of nitrogens with one attached hydrogen (secondary N) is 2. The van der Waals surface area contributed by atoms with Crippen molar-refractivity contribution in [3.8, 4) is 10.4 Å². The highest BCUT2D eigenvalue weighted by Gasteiger charge is 2.25. The van der Waals surface area contributed by atoms with Gasteiger partial charge in [0.1, 0.15) is 5.82 Å². The molecule has 2 aromatic heterocycles. The number of pyridine rings is 1. The van der Waals surface area contributed by atoms with E-state index in [1.807, 2.05) is 19.1 Å². The van der Waals surface area contributed by atoms with E-state index < -0.39 is 4.92 Å². The molecule has 1 aliphatic carbocycles. The van der Waals surface area contributed by atoms with Gasteiger partial charge in [0.15, 0.2) is 5.01 Å². The minimum atomic E-state index is -0.441. The monoisotopic (exact) mass is 395 g/mol. The topological polar surface area (TPSA) is 110 Å². The quantitative estimate of drug-likeness (QED) is 0.481. The highest BCUT2D eigenvalue weighted by molar-refractivity contribution is 7.17. The molecule has 0 spiro atoms. The number of non-ortho nitro benzene ring substituents is 1. The van der Waals surface area contributed by atoms with Gasteiger partial charge in [-0.2, -0.15) is 0 Å². The van der Waals surface area contributed by atoms with Crippen LogP contribution in [0.2, 0.25) is 0 Å². The lowest BCUT2D eigenvalue weighted by Gasteiger charge is -2.07. The molecule has 142 valence electrons. The average molecular weight is 395 g/mol. The van der Waals surface area contributed by atoms with Crippen LogP contribution in [-0.4, -0.2) is 26.8 Å². The molecule has 3 aromatic rings. The van der Waals surface area contributed by atoms with Gasteiger partial charge >= 0.3 is 0 Å². The summed E-state index contributed by atoms with van der Waals surface area (Å²) in [5.74, 6) is 0.417. The summed E-state index contributed by atoms with van der Waals surface area (Å²) in [7, 11) is 0. The number of benzene rings is 1. The van der Waals surface area contributed by atoms with E-state index in [0.29, 0.717) is 16.5 Å². The van der Waals surface area contributed by atoms with Gasteiger partial charge in [0.2, 0.25) is 0 Å². The first-order valence-corrected chi connectivity index (χ1v) is 9.57. The number of anilines is 2. The maximum absolute atomic E-state index is 12.2. The van der Waals surface area contributed by atoms with Crippen molar-refractivity contribution in [1.82, 2.24) is 15.3 Å². The van der Waals surface area contributed by atoms with Gasteiger partial charge in [0, 0.05) is 30.1 Å². The second-order valence-electron chi connectivity index (χ2n) is 6.54. The van der Waals surface area contributed by atoms with Gasteiger partial charge in [0.25, 0.3) is 11.6 Å². The normalized spacial score (nSPS) is 13.2. The Hall–Kier alpha value is -3.33. The van der Waals surface area contributed by atoms with Crippen molar-refractivity contribution < 1.29 is 9.72 Å². The van der Waals surface area contributed by atoms with Gasteiger partial charge in [0.05, 0.1) is 15.5 Å². The zero-order valence-electron chi connectivity index (χ0n) is 15.0. The van der Waals surface area contributed by atoms with Crippen molar-refractivity contribution in [3.05, 3.63) is 63.4 Å². The van der Waals surface area contributed by atoms with E-state index in [9.17, 15) is 14.9 Å². The highest BCUT2D eigenvalue weighted by atomic mass is 32.1. The van der Waals surface area contributed by atoms with Gasteiger partial charge in [-0.05, 0) is 43.5 Å². The van der Waals surface area contributed by atoms with Crippen LogP contribution >= 0.6 is 11.3 Å². The molecule has 9 heteroatoms. The molecule has 1 saturated carbocycles. The summed E-state index contributed by atoms with van der Waals surface area (Å²) < 4.78 is 0. The van der Waals surface area contributed by atoms with E-state index in [4.69, 9.17) is 0 Å². The van der Waals surface area contributed by atoms with E-state index in [2.05, 4.69) is 20.6 Å². The molecule has 0 radical (unpaired) electrons. The fraction of sp³-hybridized carbons (Fsp3) is 0.211. The summed E-state index contributed by atoms with van der Waals surface area (Å²) in [6, 6.07) is 10.2. The number of hydrogen-bond donors (Lipinski definition) is 2. The Morgan fingerprint density at radius 1 is 1.29 bits per heavy atom. The number of carbonyl (C=O) groups is 1. The second-order valence-corrected chi connectivity index (χ2v) is 7.54. The van der Waals surface area contributed by atoms with Crippen LogP contribution in [-0.2, 0) is 0 Å². The zero-order chi connectivity index (χ0) is 19.7. The average Bonchev–Trinajstić information content (AvgIpc) is 3.40. The first-order valence-electron chi connectivity index (χ1n) is 8.76. The van der Waals surface area contributed by atoms with E-state index in [1.54, 1.807) is 18.3 Å². The third-order valence-electron chi connectivity index (χ3n) is 4.25. The number of carbonyl (C=O) groups excluding carboxylic acids is 1. The lowest BCUT2D eigenvalue weighted by atomic mass is 10.2. The van der Waals surface area contributed by atoms with Gasteiger partial charge < -0.3 is 10.6 Å². The summed E-state index contributed by atoms with van der Waals surface area (Å²) >= 11 is 1.34. The molecule has 0 aliphatic heterocycles. The van der Waals surface area contributed by atoms with Crippen LogP contribution in [0.5, 0.6) is 0 Å². The molecule has 4 rings (SSSR count). The Labute approximate surface area is 164 Å². The van der Waals surface area contributed by atoms with Gasteiger partial charge in [-0.3, -0.25) is 14.9 Å². The highest BCUT2D eigenvalue weighted by Crippen LogP contribution is 2.32. The lowest BCUT2D eigenvalue weighted by Crippen LogP contribution is -2.25. The molecule has 2 N–H and O–H groups in total. The van der Waals surface area contributed by atoms with Gasteiger partial charge in [-0.25, -0.2) is 9.97 Å². The molecule has 8 nitrogen and oxygen atoms in total. The number of aromatic nitrogens is 2. The predicted octanol–water partition coefficient (Wildman–Crippen LogP) is 4.06. The summed E-state index contributed by atoms with van der Waals surface area (Å²) in [4.78, 5) is 32.3. The number of amides is 1. The van der Waals surface area contributed by atoms with E-state index in [-0.39, 0.29) is 17.6 Å². The summed E-state index contributed by atoms with van der Waals surface area (Å²) in [5, 5.41) is 17.4. The van der Waals surface area contributed by atoms with Crippen molar-refractivity contribution in [2.24, 2.45) is 0 Å². The second kappa shape index (κ2) is 7.35. The maximum Gasteiger partial charge on any atom is 0.280 e. The SMILES string of the molecule is Cc1nc(C(=O)NC2CC2)sc1-c1ccnc(Nc2cccc([N+](=O)[O-])c2)c1. The molecule has 0 bridgehead atoms. The lowest BCUT2D eigenvalue weighted by molar-refractivity contribution is -0.384. The smallest absolute Gasteiger partial charge is 0.280 e. The Kier molecular flexibility index (Phi) is 4.74. The number of nitrogens with zero attached hydrogens (tertiary/aromatic N) is 3. The first-order chi connectivity index (χ1) is 13.5. The Morgan fingerprint density at radius 3 is 2.86 bits per heavy atom. The Morgan fingerprint density at radius 2 is 2.11 bits per heavy atom. The fourth-order valence-corrected chi connectivity index (χ4v) is 3.69. The predicted molar refractivity (Wildman–Crippen MR) is 107 cm³/mol. The van der Waals surface area contributed by atoms with E-state index >= 15 is 0 Å². The molecule has 1 aromatic carbocycles. The Balaban J connectivity index is 1.57. The van der Waals surface area contributed by atoms with E-state index in [1.165, 1.54) is 23.5 Å². The van der Waals surface area contributed by atoms with E-state index in [0.717, 1.165) is 29.0 Å². The maximum atomic E-state index is 12.2.